The van der Waals surface area contributed by atoms with Gasteiger partial charge in [0.05, 0.1) is 16.2 Å². The van der Waals surface area contributed by atoms with Gasteiger partial charge in [0.25, 0.3) is 5.91 Å². The number of rotatable bonds is 2. The number of halogens is 1. The molecule has 0 aliphatic carbocycles. The Balaban J connectivity index is 2.10. The number of hydrogen-bond donors (Lipinski definition) is 2. The van der Waals surface area contributed by atoms with Gasteiger partial charge in [0, 0.05) is 11.6 Å². The van der Waals surface area contributed by atoms with Crippen molar-refractivity contribution in [3.63, 3.8) is 0 Å². The van der Waals surface area contributed by atoms with Crippen LogP contribution in [0.5, 0.6) is 5.75 Å². The molecule has 1 aliphatic rings. The summed E-state index contributed by atoms with van der Waals surface area (Å²) in [7, 11) is 0. The van der Waals surface area contributed by atoms with Crippen molar-refractivity contribution in [3.05, 3.63) is 28.8 Å². The van der Waals surface area contributed by atoms with Gasteiger partial charge in [0.2, 0.25) is 0 Å². The van der Waals surface area contributed by atoms with Crippen molar-refractivity contribution >= 4 is 17.5 Å². The number of phenolic OH excluding ortho intramolecular Hbond substituents is 1. The van der Waals surface area contributed by atoms with Crippen LogP contribution < -0.4 is 5.32 Å². The van der Waals surface area contributed by atoms with Crippen LogP contribution in [0.1, 0.15) is 50.9 Å². The molecule has 2 rings (SSSR count). The third kappa shape index (κ3) is 4.11. The van der Waals surface area contributed by atoms with Gasteiger partial charge in [-0.1, -0.05) is 11.6 Å². The summed E-state index contributed by atoms with van der Waals surface area (Å²) in [6, 6.07) is 4.51. The van der Waals surface area contributed by atoms with Crippen LogP contribution >= 0.6 is 11.6 Å². The maximum absolute atomic E-state index is 12.3. The van der Waals surface area contributed by atoms with Crippen LogP contribution in [0.2, 0.25) is 5.02 Å². The Morgan fingerprint density at radius 2 is 1.86 bits per heavy atom. The fourth-order valence-electron chi connectivity index (χ4n) is 3.11. The normalized spacial score (nSPS) is 21.0. The van der Waals surface area contributed by atoms with Gasteiger partial charge < -0.3 is 15.2 Å². The van der Waals surface area contributed by atoms with E-state index in [9.17, 15) is 9.90 Å². The van der Waals surface area contributed by atoms with E-state index in [1.54, 1.807) is 6.07 Å². The molecule has 0 radical (unpaired) electrons. The summed E-state index contributed by atoms with van der Waals surface area (Å²) >= 11 is 5.84. The monoisotopic (exact) mass is 311 g/mol. The van der Waals surface area contributed by atoms with Crippen molar-refractivity contribution < 1.29 is 14.6 Å². The summed E-state index contributed by atoms with van der Waals surface area (Å²) in [6.07, 6.45) is 1.52. The minimum absolute atomic E-state index is 0.0263. The average Bonchev–Trinajstić information content (AvgIpc) is 2.28. The molecule has 116 valence electrons. The zero-order valence-electron chi connectivity index (χ0n) is 12.9. The maximum atomic E-state index is 12.3. The van der Waals surface area contributed by atoms with Crippen molar-refractivity contribution in [3.8, 4) is 5.75 Å². The molecule has 0 unspecified atom stereocenters. The Labute approximate surface area is 130 Å². The van der Waals surface area contributed by atoms with Gasteiger partial charge in [-0.05, 0) is 58.7 Å². The summed E-state index contributed by atoms with van der Waals surface area (Å²) in [5, 5.41) is 12.6. The first kappa shape index (κ1) is 16.1. The summed E-state index contributed by atoms with van der Waals surface area (Å²) in [5.74, 6) is -0.211. The van der Waals surface area contributed by atoms with Crippen molar-refractivity contribution in [2.24, 2.45) is 0 Å². The molecule has 1 aliphatic heterocycles. The zero-order valence-corrected chi connectivity index (χ0v) is 13.6. The van der Waals surface area contributed by atoms with Gasteiger partial charge in [0.1, 0.15) is 5.75 Å². The molecule has 0 atom stereocenters. The van der Waals surface area contributed by atoms with E-state index in [0.29, 0.717) is 5.56 Å². The number of ether oxygens (including phenoxy) is 1. The Kier molecular flexibility index (Phi) is 4.22. The van der Waals surface area contributed by atoms with E-state index < -0.39 is 0 Å². The van der Waals surface area contributed by atoms with E-state index in [1.807, 2.05) is 27.7 Å². The predicted octanol–water partition coefficient (Wildman–Crippen LogP) is 3.51. The van der Waals surface area contributed by atoms with Crippen molar-refractivity contribution in [1.29, 1.82) is 0 Å². The summed E-state index contributed by atoms with van der Waals surface area (Å²) in [4.78, 5) is 12.3. The van der Waals surface area contributed by atoms with Crippen molar-refractivity contribution in [1.82, 2.24) is 5.32 Å². The molecule has 0 saturated carbocycles. The lowest BCUT2D eigenvalue weighted by molar-refractivity contribution is -0.162. The molecule has 0 aromatic heterocycles. The lowest BCUT2D eigenvalue weighted by Gasteiger charge is -2.45. The second-order valence-corrected chi connectivity index (χ2v) is 7.27. The van der Waals surface area contributed by atoms with Crippen LogP contribution in [0.25, 0.3) is 0 Å². The third-order valence-electron chi connectivity index (χ3n) is 3.57. The zero-order chi connectivity index (χ0) is 15.8. The molecule has 4 nitrogen and oxygen atoms in total. The molecule has 1 saturated heterocycles. The smallest absolute Gasteiger partial charge is 0.251 e. The molecule has 1 amide bonds. The van der Waals surface area contributed by atoms with Crippen LogP contribution in [-0.4, -0.2) is 28.3 Å². The van der Waals surface area contributed by atoms with E-state index in [4.69, 9.17) is 16.3 Å². The minimum atomic E-state index is -0.272. The molecule has 1 heterocycles. The van der Waals surface area contributed by atoms with E-state index in [1.165, 1.54) is 12.1 Å². The van der Waals surface area contributed by atoms with Crippen molar-refractivity contribution in [2.45, 2.75) is 57.8 Å². The number of amides is 1. The largest absolute Gasteiger partial charge is 0.506 e. The summed E-state index contributed by atoms with van der Waals surface area (Å²) in [6.45, 7) is 8.13. The van der Waals surface area contributed by atoms with Gasteiger partial charge in [-0.3, -0.25) is 4.79 Å². The van der Waals surface area contributed by atoms with Gasteiger partial charge in [-0.2, -0.15) is 0 Å². The Morgan fingerprint density at radius 3 is 2.38 bits per heavy atom. The summed E-state index contributed by atoms with van der Waals surface area (Å²) < 4.78 is 6.01. The van der Waals surface area contributed by atoms with Gasteiger partial charge in [0.15, 0.2) is 0 Å². The fraction of sp³-hybridized carbons (Fsp3) is 0.562. The van der Waals surface area contributed by atoms with Gasteiger partial charge >= 0.3 is 0 Å². The molecule has 0 spiro atoms. The molecule has 5 heteroatoms. The van der Waals surface area contributed by atoms with Crippen LogP contribution in [0.3, 0.4) is 0 Å². The molecule has 2 N–H and O–H groups in total. The standard InChI is InChI=1S/C16H22ClNO3/c1-15(2)8-11(9-16(3,4)21-15)18-14(20)10-5-6-13(19)12(17)7-10/h5-7,11,19H,8-9H2,1-4H3,(H,18,20). The molecule has 1 aromatic rings. The van der Waals surface area contributed by atoms with Crippen LogP contribution in [0.4, 0.5) is 0 Å². The van der Waals surface area contributed by atoms with Crippen molar-refractivity contribution in [2.75, 3.05) is 0 Å². The van der Waals surface area contributed by atoms with E-state index >= 15 is 0 Å². The van der Waals surface area contributed by atoms with Crippen LogP contribution in [0, 0.1) is 0 Å². The number of carbonyl (C=O) groups excluding carboxylic acids is 1. The molecule has 1 aromatic carbocycles. The first-order chi connectivity index (χ1) is 9.58. The lowest BCUT2D eigenvalue weighted by Crippen LogP contribution is -2.52. The first-order valence-electron chi connectivity index (χ1n) is 7.08. The van der Waals surface area contributed by atoms with Gasteiger partial charge in [-0.15, -0.1) is 0 Å². The number of carbonyl (C=O) groups is 1. The quantitative estimate of drug-likeness (QED) is 0.878. The number of nitrogens with one attached hydrogen (secondary N) is 1. The number of hydrogen-bond acceptors (Lipinski definition) is 3. The maximum Gasteiger partial charge on any atom is 0.251 e. The Hall–Kier alpha value is -1.26. The highest BCUT2D eigenvalue weighted by molar-refractivity contribution is 6.32. The Morgan fingerprint density at radius 1 is 1.29 bits per heavy atom. The highest BCUT2D eigenvalue weighted by Crippen LogP contribution is 2.35. The molecular formula is C16H22ClNO3. The Bertz CT molecular complexity index is 538. The lowest BCUT2D eigenvalue weighted by atomic mass is 9.85. The highest BCUT2D eigenvalue weighted by atomic mass is 35.5. The predicted molar refractivity (Wildman–Crippen MR) is 82.8 cm³/mol. The van der Waals surface area contributed by atoms with E-state index in [-0.39, 0.29) is 33.9 Å². The second kappa shape index (κ2) is 5.50. The minimum Gasteiger partial charge on any atom is -0.506 e. The van der Waals surface area contributed by atoms with Crippen LogP contribution in [0.15, 0.2) is 18.2 Å². The topological polar surface area (TPSA) is 58.6 Å². The average molecular weight is 312 g/mol. The first-order valence-corrected chi connectivity index (χ1v) is 7.45. The SMILES string of the molecule is CC1(C)CC(NC(=O)c2ccc(O)c(Cl)c2)CC(C)(C)O1. The number of aromatic hydroxyl groups is 1. The summed E-state index contributed by atoms with van der Waals surface area (Å²) in [5.41, 5.74) is -0.0987. The molecule has 0 bridgehead atoms. The molecule has 1 fully saturated rings. The van der Waals surface area contributed by atoms with Gasteiger partial charge in [-0.25, -0.2) is 0 Å². The van der Waals surface area contributed by atoms with Crippen LogP contribution in [-0.2, 0) is 4.74 Å². The highest BCUT2D eigenvalue weighted by Gasteiger charge is 2.39. The molecule has 21 heavy (non-hydrogen) atoms. The van der Waals surface area contributed by atoms with E-state index in [2.05, 4.69) is 5.32 Å². The third-order valence-corrected chi connectivity index (χ3v) is 3.88. The van der Waals surface area contributed by atoms with E-state index in [0.717, 1.165) is 12.8 Å². The molecular weight excluding hydrogens is 290 g/mol. The fourth-order valence-corrected chi connectivity index (χ4v) is 3.29. The number of benzene rings is 1. The second-order valence-electron chi connectivity index (χ2n) is 6.87. The number of phenols is 1.